The van der Waals surface area contributed by atoms with Gasteiger partial charge in [-0.15, -0.1) is 0 Å². The van der Waals surface area contributed by atoms with Crippen LogP contribution in [0.25, 0.3) is 0 Å². The lowest BCUT2D eigenvalue weighted by Crippen LogP contribution is -2.56. The summed E-state index contributed by atoms with van der Waals surface area (Å²) in [5.41, 5.74) is -0.670. The minimum atomic E-state index is -0.833. The summed E-state index contributed by atoms with van der Waals surface area (Å²) < 4.78 is 24.0. The molecule has 7 nitrogen and oxygen atoms in total. The van der Waals surface area contributed by atoms with Crippen LogP contribution in [0.2, 0.25) is 0 Å². The molecule has 0 aromatic carbocycles. The fourth-order valence-electron chi connectivity index (χ4n) is 5.39. The van der Waals surface area contributed by atoms with Crippen molar-refractivity contribution in [3.8, 4) is 0 Å². The van der Waals surface area contributed by atoms with Crippen molar-refractivity contribution in [2.24, 2.45) is 29.6 Å². The molecule has 0 aliphatic carbocycles. The Bertz CT molecular complexity index is 631. The summed E-state index contributed by atoms with van der Waals surface area (Å²) in [5, 5.41) is 22.0. The third-order valence-electron chi connectivity index (χ3n) is 7.64. The van der Waals surface area contributed by atoms with Gasteiger partial charge in [0.05, 0.1) is 36.9 Å². The summed E-state index contributed by atoms with van der Waals surface area (Å²) in [6.07, 6.45) is -2.05. The van der Waals surface area contributed by atoms with Crippen molar-refractivity contribution >= 4 is 5.97 Å². The first-order chi connectivity index (χ1) is 13.8. The Hall–Kier alpha value is -0.730. The van der Waals surface area contributed by atoms with Gasteiger partial charge in [0.15, 0.2) is 5.79 Å². The van der Waals surface area contributed by atoms with Gasteiger partial charge in [0.2, 0.25) is 0 Å². The molecule has 0 amide bonds. The summed E-state index contributed by atoms with van der Waals surface area (Å²) in [7, 11) is 0. The molecule has 0 aromatic rings. The molecule has 1 unspecified atom stereocenters. The molecule has 174 valence electrons. The molecular formula is C23H40O7. The van der Waals surface area contributed by atoms with Crippen LogP contribution >= 0.6 is 0 Å². The highest BCUT2D eigenvalue weighted by Crippen LogP contribution is 2.46. The Morgan fingerprint density at radius 1 is 0.900 bits per heavy atom. The van der Waals surface area contributed by atoms with Gasteiger partial charge < -0.3 is 29.2 Å². The second-order valence-corrected chi connectivity index (χ2v) is 10.5. The molecule has 7 heteroatoms. The van der Waals surface area contributed by atoms with Crippen molar-refractivity contribution in [3.05, 3.63) is 0 Å². The molecule has 0 aromatic heterocycles. The fourth-order valence-corrected chi connectivity index (χ4v) is 5.39. The van der Waals surface area contributed by atoms with Crippen molar-refractivity contribution in [1.29, 1.82) is 0 Å². The minimum absolute atomic E-state index is 0.0396. The van der Waals surface area contributed by atoms with Crippen LogP contribution < -0.4 is 0 Å². The Morgan fingerprint density at radius 3 is 2.03 bits per heavy atom. The number of carbonyl (C=O) groups is 1. The zero-order valence-electron chi connectivity index (χ0n) is 19.6. The maximum absolute atomic E-state index is 12.9. The number of ether oxygens (including phenoxy) is 4. The van der Waals surface area contributed by atoms with Gasteiger partial charge in [-0.3, -0.25) is 4.79 Å². The van der Waals surface area contributed by atoms with Gasteiger partial charge in [0.25, 0.3) is 0 Å². The van der Waals surface area contributed by atoms with E-state index in [-0.39, 0.29) is 35.9 Å². The first kappa shape index (κ1) is 23.9. The van der Waals surface area contributed by atoms with Crippen LogP contribution in [0, 0.1) is 29.6 Å². The van der Waals surface area contributed by atoms with Crippen LogP contribution in [0.1, 0.15) is 61.8 Å². The lowest BCUT2D eigenvalue weighted by molar-refractivity contribution is -0.334. The lowest BCUT2D eigenvalue weighted by atomic mass is 9.75. The van der Waals surface area contributed by atoms with E-state index in [0.29, 0.717) is 13.0 Å². The molecule has 3 aliphatic heterocycles. The molecule has 3 fully saturated rings. The van der Waals surface area contributed by atoms with Crippen molar-refractivity contribution < 1.29 is 34.0 Å². The number of aliphatic hydroxyl groups is 2. The van der Waals surface area contributed by atoms with Crippen molar-refractivity contribution in [2.75, 3.05) is 6.61 Å². The van der Waals surface area contributed by atoms with Crippen LogP contribution in [0.15, 0.2) is 0 Å². The summed E-state index contributed by atoms with van der Waals surface area (Å²) in [6.45, 7) is 15.6. The summed E-state index contributed by atoms with van der Waals surface area (Å²) in [4.78, 5) is 12.9. The number of aliphatic hydroxyl groups excluding tert-OH is 2. The molecule has 3 saturated heterocycles. The average Bonchev–Trinajstić information content (AvgIpc) is 3.46. The van der Waals surface area contributed by atoms with Gasteiger partial charge in [0.1, 0.15) is 11.7 Å². The highest BCUT2D eigenvalue weighted by atomic mass is 16.7. The van der Waals surface area contributed by atoms with Gasteiger partial charge in [-0.05, 0) is 40.0 Å². The molecule has 1 spiro atoms. The molecule has 2 N–H and O–H groups in total. The number of esters is 1. The largest absolute Gasteiger partial charge is 0.462 e. The molecule has 11 atom stereocenters. The van der Waals surface area contributed by atoms with E-state index in [4.69, 9.17) is 18.9 Å². The Morgan fingerprint density at radius 2 is 1.47 bits per heavy atom. The number of cyclic esters (lactones) is 1. The van der Waals surface area contributed by atoms with Crippen molar-refractivity contribution in [3.63, 3.8) is 0 Å². The normalized spacial score (nSPS) is 52.4. The van der Waals surface area contributed by atoms with Crippen molar-refractivity contribution in [1.82, 2.24) is 0 Å². The fraction of sp³-hybridized carbons (Fsp3) is 0.957. The van der Waals surface area contributed by atoms with Gasteiger partial charge in [-0.1, -0.05) is 27.7 Å². The number of hydrogen-bond acceptors (Lipinski definition) is 7. The molecule has 3 rings (SSSR count). The quantitative estimate of drug-likeness (QED) is 0.452. The van der Waals surface area contributed by atoms with E-state index in [9.17, 15) is 15.0 Å². The average molecular weight is 429 g/mol. The maximum Gasteiger partial charge on any atom is 0.311 e. The third-order valence-corrected chi connectivity index (χ3v) is 7.64. The van der Waals surface area contributed by atoms with E-state index < -0.39 is 41.5 Å². The van der Waals surface area contributed by atoms with E-state index in [2.05, 4.69) is 6.92 Å². The van der Waals surface area contributed by atoms with E-state index in [1.54, 1.807) is 6.92 Å². The lowest BCUT2D eigenvalue weighted by Gasteiger charge is -2.49. The van der Waals surface area contributed by atoms with E-state index in [1.165, 1.54) is 0 Å². The number of epoxide rings is 1. The number of carbonyl (C=O) groups excluding carboxylic acids is 1. The van der Waals surface area contributed by atoms with Gasteiger partial charge in [-0.25, -0.2) is 0 Å². The molecule has 30 heavy (non-hydrogen) atoms. The molecular weight excluding hydrogens is 388 g/mol. The molecule has 0 radical (unpaired) electrons. The topological polar surface area (TPSA) is 97.8 Å². The monoisotopic (exact) mass is 428 g/mol. The predicted octanol–water partition coefficient (Wildman–Crippen LogP) is 2.51. The first-order valence-corrected chi connectivity index (χ1v) is 11.4. The predicted molar refractivity (Wildman–Crippen MR) is 111 cm³/mol. The van der Waals surface area contributed by atoms with Crippen LogP contribution in [0.3, 0.4) is 0 Å². The number of fused-ring (bicyclic) bond motifs is 2. The zero-order valence-corrected chi connectivity index (χ0v) is 19.6. The minimum Gasteiger partial charge on any atom is -0.462 e. The highest BCUT2D eigenvalue weighted by molar-refractivity contribution is 5.73. The van der Waals surface area contributed by atoms with Gasteiger partial charge >= 0.3 is 5.97 Å². The van der Waals surface area contributed by atoms with Crippen LogP contribution in [0.5, 0.6) is 0 Å². The summed E-state index contributed by atoms with van der Waals surface area (Å²) >= 11 is 0. The third kappa shape index (κ3) is 4.42. The SMILES string of the molecule is C[C@@H]1[C@H]2OC(C)(C)O[C@@H]1[C@@H](C)C(=O)O[C@H](C)[C@H](C)C(O)[C@@H](C)[C@H](O)[C@]1(CO1)C[C@@H]2C. The summed E-state index contributed by atoms with van der Waals surface area (Å²) in [5.74, 6) is -2.37. The van der Waals surface area contributed by atoms with Crippen LogP contribution in [-0.2, 0) is 23.7 Å². The highest BCUT2D eigenvalue weighted by Gasteiger charge is 2.57. The standard InChI is InChI=1S/C23H40O7/c1-11-9-23(10-27-23)20(25)13(3)17(24)12(2)16(6)28-21(26)15(5)19-14(4)18(11)29-22(7,8)30-19/h11-20,24-25H,9-10H2,1-8H3/t11-,12-,13+,14+,15+,16+,17?,18-,19-,20-,23+/m0/s1. The number of hydrogen-bond donors (Lipinski definition) is 2. The van der Waals surface area contributed by atoms with Gasteiger partial charge in [-0.2, -0.15) is 0 Å². The zero-order chi connectivity index (χ0) is 22.6. The summed E-state index contributed by atoms with van der Waals surface area (Å²) in [6, 6.07) is 0. The van der Waals surface area contributed by atoms with E-state index >= 15 is 0 Å². The first-order valence-electron chi connectivity index (χ1n) is 11.4. The molecule has 0 saturated carbocycles. The Kier molecular flexibility index (Phi) is 6.63. The van der Waals surface area contributed by atoms with Crippen LogP contribution in [0.4, 0.5) is 0 Å². The Balaban J connectivity index is 1.96. The van der Waals surface area contributed by atoms with Gasteiger partial charge in [0, 0.05) is 17.8 Å². The van der Waals surface area contributed by atoms with Crippen molar-refractivity contribution in [2.45, 2.75) is 104 Å². The second kappa shape index (κ2) is 8.32. The Labute approximate surface area is 180 Å². The molecule has 3 aliphatic rings. The maximum atomic E-state index is 12.9. The van der Waals surface area contributed by atoms with E-state index in [1.807, 2.05) is 41.5 Å². The molecule has 2 bridgehead atoms. The van der Waals surface area contributed by atoms with E-state index in [0.717, 1.165) is 0 Å². The number of rotatable bonds is 0. The smallest absolute Gasteiger partial charge is 0.311 e. The second-order valence-electron chi connectivity index (χ2n) is 10.5. The molecule has 3 heterocycles. The van der Waals surface area contributed by atoms with Crippen LogP contribution in [-0.4, -0.2) is 64.7 Å².